The van der Waals surface area contributed by atoms with Crippen molar-refractivity contribution in [2.45, 2.75) is 6.92 Å². The van der Waals surface area contributed by atoms with E-state index in [2.05, 4.69) is 19.4 Å². The third-order valence-electron chi connectivity index (χ3n) is 3.86. The number of nitrogens with one attached hydrogen (secondary N) is 2. The van der Waals surface area contributed by atoms with Crippen LogP contribution in [0.25, 0.3) is 0 Å². The summed E-state index contributed by atoms with van der Waals surface area (Å²) in [4.78, 5) is 13.7. The maximum atomic E-state index is 12.4. The molecule has 1 atom stereocenters. The van der Waals surface area contributed by atoms with Crippen molar-refractivity contribution < 1.29 is 14.5 Å². The van der Waals surface area contributed by atoms with Crippen LogP contribution in [0.2, 0.25) is 0 Å². The van der Waals surface area contributed by atoms with E-state index in [0.717, 1.165) is 5.69 Å². The highest BCUT2D eigenvalue weighted by atomic mass is 32.2. The highest BCUT2D eigenvalue weighted by Gasteiger charge is 2.22. The van der Waals surface area contributed by atoms with E-state index in [4.69, 9.17) is 0 Å². The number of carbonyl (C=O) groups is 1. The minimum Gasteiger partial charge on any atom is -0.546 e. The van der Waals surface area contributed by atoms with Crippen molar-refractivity contribution in [2.75, 3.05) is 24.7 Å². The summed E-state index contributed by atoms with van der Waals surface area (Å²) in [5, 5.41) is 16.5. The quantitative estimate of drug-likeness (QED) is 0.455. The van der Waals surface area contributed by atoms with Gasteiger partial charge in [0.05, 0.1) is 11.3 Å². The first-order valence-corrected chi connectivity index (χ1v) is 9.16. The second-order valence-electron chi connectivity index (χ2n) is 6.08. The number of phenolic OH excluding ortho intramolecular Hbond substituents is 1. The number of carbonyl (C=O) groups excluding carboxylic acids is 1. The van der Waals surface area contributed by atoms with Crippen LogP contribution in [0, 0.1) is 6.92 Å². The standard InChI is InChI=1S/C18H19N5O3S/c1-11-9-10-13(15(24)14(11)18(25)23(2)3)20-17-16(21-27(26)22-17)19-12-7-5-4-6-8-12/h4-10,24H,1-3H3,(H,19,21)(H,20,22). The van der Waals surface area contributed by atoms with Crippen LogP contribution in [0.15, 0.2) is 42.5 Å². The van der Waals surface area contributed by atoms with E-state index < -0.39 is 11.1 Å². The van der Waals surface area contributed by atoms with Gasteiger partial charge >= 0.3 is 0 Å². The molecule has 1 unspecified atom stereocenters. The van der Waals surface area contributed by atoms with Gasteiger partial charge in [-0.15, -0.1) is 0 Å². The van der Waals surface area contributed by atoms with Gasteiger partial charge in [-0.1, -0.05) is 24.3 Å². The third-order valence-corrected chi connectivity index (χ3v) is 4.54. The molecule has 0 saturated carbocycles. The van der Waals surface area contributed by atoms with E-state index in [1.54, 1.807) is 33.2 Å². The Bertz CT molecular complexity index is 973. The monoisotopic (exact) mass is 385 g/mol. The van der Waals surface area contributed by atoms with Crippen LogP contribution < -0.4 is 10.6 Å². The molecule has 0 fully saturated rings. The Morgan fingerprint density at radius 1 is 1.07 bits per heavy atom. The van der Waals surface area contributed by atoms with E-state index in [1.165, 1.54) is 4.90 Å². The van der Waals surface area contributed by atoms with Gasteiger partial charge < -0.3 is 25.2 Å². The Hall–Kier alpha value is -3.17. The lowest BCUT2D eigenvalue weighted by Crippen LogP contribution is -2.22. The molecule has 2 aromatic carbocycles. The molecule has 0 radical (unpaired) electrons. The third kappa shape index (κ3) is 3.99. The average molecular weight is 385 g/mol. The summed E-state index contributed by atoms with van der Waals surface area (Å²) in [7, 11) is 3.22. The Labute approximate surface area is 159 Å². The zero-order chi connectivity index (χ0) is 19.6. The normalized spacial score (nSPS) is 11.2. The van der Waals surface area contributed by atoms with Crippen LogP contribution in [-0.4, -0.2) is 43.3 Å². The minimum atomic E-state index is -1.77. The summed E-state index contributed by atoms with van der Waals surface area (Å²) in [6, 6.07) is 12.6. The van der Waals surface area contributed by atoms with Gasteiger partial charge in [0.2, 0.25) is 11.6 Å². The molecule has 9 heteroatoms. The largest absolute Gasteiger partial charge is 0.546 e. The number of benzene rings is 2. The van der Waals surface area contributed by atoms with Crippen molar-refractivity contribution in [3.05, 3.63) is 53.6 Å². The Morgan fingerprint density at radius 3 is 2.33 bits per heavy atom. The van der Waals surface area contributed by atoms with Crippen molar-refractivity contribution >= 4 is 40.1 Å². The Balaban J connectivity index is 1.94. The molecular weight excluding hydrogens is 366 g/mol. The smallest absolute Gasteiger partial charge is 0.257 e. The Kier molecular flexibility index (Phi) is 5.24. The number of para-hydroxylation sites is 1. The number of aromatic nitrogens is 2. The van der Waals surface area contributed by atoms with Crippen LogP contribution in [0.5, 0.6) is 5.75 Å². The molecule has 1 aromatic heterocycles. The number of rotatable bonds is 5. The second kappa shape index (κ2) is 7.60. The minimum absolute atomic E-state index is 0.194. The van der Waals surface area contributed by atoms with Crippen LogP contribution in [0.4, 0.5) is 23.0 Å². The van der Waals surface area contributed by atoms with Gasteiger partial charge in [-0.3, -0.25) is 4.79 Å². The summed E-state index contributed by atoms with van der Waals surface area (Å²) in [5.41, 5.74) is 1.86. The fourth-order valence-electron chi connectivity index (χ4n) is 2.50. The molecular formula is C18H19N5O3S. The summed E-state index contributed by atoms with van der Waals surface area (Å²) in [6.45, 7) is 1.74. The number of hydrogen-bond acceptors (Lipinski definition) is 7. The Morgan fingerprint density at radius 2 is 1.70 bits per heavy atom. The molecule has 0 bridgehead atoms. The van der Waals surface area contributed by atoms with Gasteiger partial charge in [0.1, 0.15) is 0 Å². The number of aryl methyl sites for hydroxylation is 1. The van der Waals surface area contributed by atoms with Gasteiger partial charge in [0, 0.05) is 28.5 Å². The molecule has 1 amide bonds. The van der Waals surface area contributed by atoms with Crippen LogP contribution in [0.1, 0.15) is 15.9 Å². The van der Waals surface area contributed by atoms with Crippen LogP contribution >= 0.6 is 11.1 Å². The summed E-state index contributed by atoms with van der Waals surface area (Å²) >= 11 is -1.77. The van der Waals surface area contributed by atoms with Crippen molar-refractivity contribution in [1.82, 2.24) is 13.6 Å². The molecule has 3 N–H and O–H groups in total. The molecule has 140 valence electrons. The van der Waals surface area contributed by atoms with Gasteiger partial charge in [0.25, 0.3) is 5.91 Å². The molecule has 3 aromatic rings. The molecule has 1 heterocycles. The summed E-state index contributed by atoms with van der Waals surface area (Å²) in [6.07, 6.45) is 0. The fourth-order valence-corrected chi connectivity index (χ4v) is 3.12. The van der Waals surface area contributed by atoms with E-state index in [1.807, 2.05) is 30.3 Å². The fraction of sp³-hybridized carbons (Fsp3) is 0.167. The van der Waals surface area contributed by atoms with Crippen molar-refractivity contribution in [2.24, 2.45) is 0 Å². The number of aromatic hydroxyl groups is 1. The van der Waals surface area contributed by atoms with E-state index in [9.17, 15) is 14.5 Å². The number of nitrogens with zero attached hydrogens (tertiary/aromatic N) is 3. The van der Waals surface area contributed by atoms with E-state index in [0.29, 0.717) is 5.56 Å². The first kappa shape index (κ1) is 18.6. The molecule has 0 aliphatic rings. The molecule has 8 nitrogen and oxygen atoms in total. The topological polar surface area (TPSA) is 113 Å². The summed E-state index contributed by atoms with van der Waals surface area (Å²) in [5.74, 6) is -0.0328. The maximum absolute atomic E-state index is 12.4. The lowest BCUT2D eigenvalue weighted by molar-refractivity contribution is 0.0824. The second-order valence-corrected chi connectivity index (χ2v) is 6.91. The maximum Gasteiger partial charge on any atom is 0.257 e. The zero-order valence-electron chi connectivity index (χ0n) is 15.1. The molecule has 0 spiro atoms. The number of amides is 1. The molecule has 27 heavy (non-hydrogen) atoms. The average Bonchev–Trinajstić information content (AvgIpc) is 2.97. The van der Waals surface area contributed by atoms with Crippen molar-refractivity contribution in [3.8, 4) is 5.75 Å². The van der Waals surface area contributed by atoms with E-state index in [-0.39, 0.29) is 34.5 Å². The highest BCUT2D eigenvalue weighted by Crippen LogP contribution is 2.36. The summed E-state index contributed by atoms with van der Waals surface area (Å²) < 4.78 is 19.7. The van der Waals surface area contributed by atoms with E-state index >= 15 is 0 Å². The van der Waals surface area contributed by atoms with Gasteiger partial charge in [-0.25, -0.2) is 0 Å². The van der Waals surface area contributed by atoms with Gasteiger partial charge in [-0.2, -0.15) is 0 Å². The van der Waals surface area contributed by atoms with Gasteiger partial charge in [0.15, 0.2) is 16.9 Å². The lowest BCUT2D eigenvalue weighted by atomic mass is 10.0. The lowest BCUT2D eigenvalue weighted by Gasteiger charge is -2.16. The first-order chi connectivity index (χ1) is 12.9. The first-order valence-electron chi connectivity index (χ1n) is 8.10. The SMILES string of the molecule is Cc1ccc(Nc2n[s+]([O-])nc2Nc2ccccc2)c(O)c1C(=O)N(C)C. The molecule has 3 rings (SSSR count). The van der Waals surface area contributed by atoms with Crippen LogP contribution in [-0.2, 0) is 0 Å². The molecule has 0 saturated heterocycles. The van der Waals surface area contributed by atoms with Crippen molar-refractivity contribution in [3.63, 3.8) is 0 Å². The molecule has 0 aliphatic carbocycles. The predicted octanol–water partition coefficient (Wildman–Crippen LogP) is 3.41. The van der Waals surface area contributed by atoms with Gasteiger partial charge in [-0.05, 0) is 30.7 Å². The highest BCUT2D eigenvalue weighted by molar-refractivity contribution is 7.14. The number of anilines is 4. The number of phenols is 1. The number of hydrogen-bond donors (Lipinski definition) is 3. The van der Waals surface area contributed by atoms with Crippen molar-refractivity contribution in [1.29, 1.82) is 0 Å². The zero-order valence-corrected chi connectivity index (χ0v) is 15.9. The van der Waals surface area contributed by atoms with Crippen LogP contribution in [0.3, 0.4) is 0 Å². The predicted molar refractivity (Wildman–Crippen MR) is 105 cm³/mol. The molecule has 0 aliphatic heterocycles.